The molecule has 5 nitrogen and oxygen atoms in total. The molecule has 0 radical (unpaired) electrons. The number of sulfonamides is 1. The molecule has 0 aliphatic heterocycles. The normalized spacial score (nSPS) is 11.2. The Morgan fingerprint density at radius 3 is 2.50 bits per heavy atom. The van der Waals surface area contributed by atoms with Crippen LogP contribution in [0.3, 0.4) is 0 Å². The maximum atomic E-state index is 13.4. The molecule has 8 heteroatoms. The van der Waals surface area contributed by atoms with Crippen LogP contribution in [0.25, 0.3) is 0 Å². The van der Waals surface area contributed by atoms with E-state index in [0.29, 0.717) is 4.47 Å². The van der Waals surface area contributed by atoms with E-state index in [1.807, 2.05) is 17.2 Å². The number of hydrazine groups is 1. The third-order valence-electron chi connectivity index (χ3n) is 2.79. The average molecular weight is 387 g/mol. The smallest absolute Gasteiger partial charge is 0.269 e. The van der Waals surface area contributed by atoms with Gasteiger partial charge in [0.05, 0.1) is 10.5 Å². The largest absolute Gasteiger partial charge is 0.273 e. The SMILES string of the molecule is Cc1ccc(S(=O)(=O)NNC(=O)c2ccccc2F)c(Br)c1. The van der Waals surface area contributed by atoms with Crippen LogP contribution in [0.1, 0.15) is 15.9 Å². The Bertz CT molecular complexity index is 825. The first-order valence-electron chi connectivity index (χ1n) is 6.14. The Morgan fingerprint density at radius 1 is 1.18 bits per heavy atom. The lowest BCUT2D eigenvalue weighted by atomic mass is 10.2. The zero-order chi connectivity index (χ0) is 16.3. The molecule has 116 valence electrons. The minimum absolute atomic E-state index is 0.0352. The van der Waals surface area contributed by atoms with Crippen LogP contribution >= 0.6 is 15.9 Å². The summed E-state index contributed by atoms with van der Waals surface area (Å²) in [7, 11) is -3.97. The van der Waals surface area contributed by atoms with Crippen LogP contribution in [0.4, 0.5) is 4.39 Å². The molecule has 0 aliphatic rings. The molecule has 0 spiro atoms. The molecule has 0 aromatic heterocycles. The lowest BCUT2D eigenvalue weighted by Gasteiger charge is -2.10. The molecule has 22 heavy (non-hydrogen) atoms. The van der Waals surface area contributed by atoms with Gasteiger partial charge in [-0.15, -0.1) is 4.83 Å². The van der Waals surface area contributed by atoms with Crippen molar-refractivity contribution in [2.45, 2.75) is 11.8 Å². The standard InChI is InChI=1S/C14H12BrFN2O3S/c1-9-6-7-13(11(15)8-9)22(20,21)18-17-14(19)10-4-2-3-5-12(10)16/h2-8,18H,1H3,(H,17,19). The number of rotatable bonds is 4. The molecule has 0 bridgehead atoms. The van der Waals surface area contributed by atoms with Gasteiger partial charge in [0.1, 0.15) is 5.82 Å². The van der Waals surface area contributed by atoms with E-state index in [-0.39, 0.29) is 10.5 Å². The van der Waals surface area contributed by atoms with Crippen LogP contribution in [0.15, 0.2) is 51.8 Å². The van der Waals surface area contributed by atoms with Crippen molar-refractivity contribution >= 4 is 31.9 Å². The van der Waals surface area contributed by atoms with Crippen molar-refractivity contribution in [3.63, 3.8) is 0 Å². The summed E-state index contributed by atoms with van der Waals surface area (Å²) in [6.45, 7) is 1.81. The Balaban J connectivity index is 2.17. The molecule has 0 saturated heterocycles. The predicted octanol–water partition coefficient (Wildman–Crippen LogP) is 2.52. The van der Waals surface area contributed by atoms with E-state index in [1.165, 1.54) is 24.3 Å². The lowest BCUT2D eigenvalue weighted by molar-refractivity contribution is 0.0941. The highest BCUT2D eigenvalue weighted by Crippen LogP contribution is 2.22. The van der Waals surface area contributed by atoms with Gasteiger partial charge in [0.15, 0.2) is 0 Å². The monoisotopic (exact) mass is 386 g/mol. The van der Waals surface area contributed by atoms with Gasteiger partial charge in [0.2, 0.25) is 0 Å². The Labute approximate surface area is 135 Å². The first kappa shape index (κ1) is 16.6. The van der Waals surface area contributed by atoms with E-state index in [4.69, 9.17) is 0 Å². The number of hydrogen-bond donors (Lipinski definition) is 2. The second kappa shape index (κ2) is 6.55. The van der Waals surface area contributed by atoms with Crippen molar-refractivity contribution in [2.24, 2.45) is 0 Å². The fourth-order valence-electron chi connectivity index (χ4n) is 1.71. The Kier molecular flexibility index (Phi) is 4.94. The van der Waals surface area contributed by atoms with Crippen molar-refractivity contribution in [1.82, 2.24) is 10.3 Å². The van der Waals surface area contributed by atoms with E-state index < -0.39 is 21.7 Å². The highest BCUT2D eigenvalue weighted by atomic mass is 79.9. The lowest BCUT2D eigenvalue weighted by Crippen LogP contribution is -2.41. The van der Waals surface area contributed by atoms with E-state index in [2.05, 4.69) is 15.9 Å². The number of halogens is 2. The highest BCUT2D eigenvalue weighted by molar-refractivity contribution is 9.10. The predicted molar refractivity (Wildman–Crippen MR) is 83.1 cm³/mol. The van der Waals surface area contributed by atoms with Crippen molar-refractivity contribution < 1.29 is 17.6 Å². The summed E-state index contributed by atoms with van der Waals surface area (Å²) in [5.74, 6) is -1.62. The molecule has 0 atom stereocenters. The fourth-order valence-corrected chi connectivity index (χ4v) is 3.74. The minimum Gasteiger partial charge on any atom is -0.273 e. The summed E-state index contributed by atoms with van der Waals surface area (Å²) >= 11 is 3.15. The molecule has 2 rings (SSSR count). The Hall–Kier alpha value is -1.77. The number of carbonyl (C=O) groups excluding carboxylic acids is 1. The minimum atomic E-state index is -3.97. The number of amides is 1. The quantitative estimate of drug-likeness (QED) is 0.792. The number of carbonyl (C=O) groups is 1. The molecule has 2 aromatic rings. The second-order valence-corrected chi connectivity index (χ2v) is 6.98. The summed E-state index contributed by atoms with van der Waals surface area (Å²) in [5.41, 5.74) is 2.60. The van der Waals surface area contributed by atoms with Gasteiger partial charge in [-0.05, 0) is 52.7 Å². The molecule has 0 aliphatic carbocycles. The molecule has 2 aromatic carbocycles. The summed E-state index contributed by atoms with van der Waals surface area (Å²) in [6.07, 6.45) is 0. The van der Waals surface area contributed by atoms with Gasteiger partial charge in [-0.3, -0.25) is 10.2 Å². The van der Waals surface area contributed by atoms with Crippen molar-refractivity contribution in [3.05, 3.63) is 63.9 Å². The van der Waals surface area contributed by atoms with E-state index in [0.717, 1.165) is 11.6 Å². The summed E-state index contributed by atoms with van der Waals surface area (Å²) < 4.78 is 38.1. The molecular formula is C14H12BrFN2O3S. The first-order valence-corrected chi connectivity index (χ1v) is 8.42. The maximum absolute atomic E-state index is 13.4. The molecule has 1 amide bonds. The van der Waals surface area contributed by atoms with Gasteiger partial charge >= 0.3 is 0 Å². The van der Waals surface area contributed by atoms with Gasteiger partial charge in [-0.1, -0.05) is 18.2 Å². The number of hydrogen-bond acceptors (Lipinski definition) is 3. The molecule has 2 N–H and O–H groups in total. The van der Waals surface area contributed by atoms with Crippen LogP contribution in [-0.4, -0.2) is 14.3 Å². The van der Waals surface area contributed by atoms with Gasteiger partial charge in [-0.25, -0.2) is 12.8 Å². The van der Waals surface area contributed by atoms with E-state index in [9.17, 15) is 17.6 Å². The third-order valence-corrected chi connectivity index (χ3v) is 5.02. The van der Waals surface area contributed by atoms with Gasteiger partial charge in [0, 0.05) is 4.47 Å². The zero-order valence-corrected chi connectivity index (χ0v) is 13.8. The number of aryl methyl sites for hydroxylation is 1. The first-order chi connectivity index (χ1) is 10.3. The van der Waals surface area contributed by atoms with Gasteiger partial charge in [0.25, 0.3) is 15.9 Å². The molecule has 0 heterocycles. The molecule has 0 unspecified atom stereocenters. The van der Waals surface area contributed by atoms with Crippen LogP contribution in [0, 0.1) is 12.7 Å². The van der Waals surface area contributed by atoms with E-state index in [1.54, 1.807) is 12.1 Å². The van der Waals surface area contributed by atoms with Crippen LogP contribution in [0.5, 0.6) is 0 Å². The number of nitrogens with one attached hydrogen (secondary N) is 2. The molecule has 0 saturated carbocycles. The fraction of sp³-hybridized carbons (Fsp3) is 0.0714. The Morgan fingerprint density at radius 2 is 1.86 bits per heavy atom. The highest BCUT2D eigenvalue weighted by Gasteiger charge is 2.19. The zero-order valence-electron chi connectivity index (χ0n) is 11.4. The van der Waals surface area contributed by atoms with Crippen LogP contribution in [-0.2, 0) is 10.0 Å². The summed E-state index contributed by atoms with van der Waals surface area (Å²) in [5, 5.41) is 0. The topological polar surface area (TPSA) is 75.3 Å². The van der Waals surface area contributed by atoms with E-state index >= 15 is 0 Å². The van der Waals surface area contributed by atoms with Crippen LogP contribution in [0.2, 0.25) is 0 Å². The van der Waals surface area contributed by atoms with Gasteiger partial charge in [-0.2, -0.15) is 0 Å². The third kappa shape index (κ3) is 3.70. The second-order valence-electron chi connectivity index (χ2n) is 4.47. The summed E-state index contributed by atoms with van der Waals surface area (Å²) in [4.78, 5) is 13.7. The van der Waals surface area contributed by atoms with Crippen molar-refractivity contribution in [1.29, 1.82) is 0 Å². The maximum Gasteiger partial charge on any atom is 0.269 e. The van der Waals surface area contributed by atoms with Crippen LogP contribution < -0.4 is 10.3 Å². The van der Waals surface area contributed by atoms with Crippen molar-refractivity contribution in [2.75, 3.05) is 0 Å². The summed E-state index contributed by atoms with van der Waals surface area (Å²) in [6, 6.07) is 9.92. The van der Waals surface area contributed by atoms with Gasteiger partial charge < -0.3 is 0 Å². The molecular weight excluding hydrogens is 375 g/mol. The molecule has 0 fully saturated rings. The van der Waals surface area contributed by atoms with Crippen molar-refractivity contribution in [3.8, 4) is 0 Å². The number of benzene rings is 2. The average Bonchev–Trinajstić information content (AvgIpc) is 2.45.